The highest BCUT2D eigenvalue weighted by Gasteiger charge is 2.08. The van der Waals surface area contributed by atoms with E-state index in [1.807, 2.05) is 0 Å². The molecule has 96 valence electrons. The van der Waals surface area contributed by atoms with Crippen molar-refractivity contribution in [2.24, 2.45) is 5.41 Å². The lowest BCUT2D eigenvalue weighted by Gasteiger charge is -2.17. The lowest BCUT2D eigenvalue weighted by Crippen LogP contribution is -2.14. The van der Waals surface area contributed by atoms with E-state index in [0.29, 0.717) is 5.41 Å². The van der Waals surface area contributed by atoms with Crippen LogP contribution in [0.4, 0.5) is 5.69 Å². The summed E-state index contributed by atoms with van der Waals surface area (Å²) in [6.45, 7) is 11.3. The van der Waals surface area contributed by atoms with Gasteiger partial charge in [0.2, 0.25) is 0 Å². The molecule has 0 saturated carbocycles. The van der Waals surface area contributed by atoms with Gasteiger partial charge in [-0.3, -0.25) is 0 Å². The van der Waals surface area contributed by atoms with Crippen molar-refractivity contribution in [1.29, 1.82) is 0 Å². The maximum Gasteiger partial charge on any atom is 0.0639 e. The van der Waals surface area contributed by atoms with E-state index in [1.165, 1.54) is 5.56 Å². The molecular formula is C15H25NO. The zero-order valence-corrected chi connectivity index (χ0v) is 11.5. The summed E-state index contributed by atoms with van der Waals surface area (Å²) in [6, 6.07) is 8.43. The predicted molar refractivity (Wildman–Crippen MR) is 74.6 cm³/mol. The minimum absolute atomic E-state index is 0.365. The molecule has 0 aliphatic heterocycles. The van der Waals surface area contributed by atoms with Gasteiger partial charge < -0.3 is 10.1 Å². The summed E-state index contributed by atoms with van der Waals surface area (Å²) >= 11 is 0. The summed E-state index contributed by atoms with van der Waals surface area (Å²) in [5.74, 6) is 0. The molecule has 0 amide bonds. The fraction of sp³-hybridized carbons (Fsp3) is 0.600. The van der Waals surface area contributed by atoms with Gasteiger partial charge in [0.15, 0.2) is 0 Å². The van der Waals surface area contributed by atoms with Crippen LogP contribution in [-0.4, -0.2) is 19.8 Å². The van der Waals surface area contributed by atoms with Gasteiger partial charge in [0.05, 0.1) is 6.61 Å². The molecule has 1 rings (SSSR count). The van der Waals surface area contributed by atoms with Gasteiger partial charge in [-0.15, -0.1) is 0 Å². The monoisotopic (exact) mass is 235 g/mol. The zero-order valence-electron chi connectivity index (χ0n) is 11.5. The van der Waals surface area contributed by atoms with Crippen LogP contribution in [0.15, 0.2) is 24.3 Å². The molecule has 0 aromatic heterocycles. The first-order valence-electron chi connectivity index (χ1n) is 6.36. The minimum atomic E-state index is 0.365. The zero-order chi connectivity index (χ0) is 12.7. The van der Waals surface area contributed by atoms with Crippen LogP contribution in [0.25, 0.3) is 0 Å². The van der Waals surface area contributed by atoms with E-state index in [-0.39, 0.29) is 0 Å². The Kier molecular flexibility index (Phi) is 5.49. The van der Waals surface area contributed by atoms with Crippen LogP contribution >= 0.6 is 0 Å². The first kappa shape index (κ1) is 14.0. The largest absolute Gasteiger partial charge is 0.383 e. The number of rotatable bonds is 6. The van der Waals surface area contributed by atoms with Crippen LogP contribution in [0.2, 0.25) is 0 Å². The summed E-state index contributed by atoms with van der Waals surface area (Å²) in [7, 11) is 0. The number of anilines is 1. The molecule has 0 bridgehead atoms. The molecule has 0 fully saturated rings. The average Bonchev–Trinajstić information content (AvgIpc) is 2.24. The number of ether oxygens (including phenoxy) is 1. The second-order valence-corrected chi connectivity index (χ2v) is 5.72. The Labute approximate surface area is 105 Å². The SMILES string of the molecule is Cc1ccc(NCCOCCC(C)(C)C)cc1. The summed E-state index contributed by atoms with van der Waals surface area (Å²) in [6.07, 6.45) is 1.11. The van der Waals surface area contributed by atoms with Gasteiger partial charge in [0.25, 0.3) is 0 Å². The molecule has 1 aromatic rings. The number of benzene rings is 1. The summed E-state index contributed by atoms with van der Waals surface area (Å²) in [5, 5.41) is 3.34. The third-order valence-corrected chi connectivity index (χ3v) is 2.62. The molecule has 0 atom stereocenters. The van der Waals surface area contributed by atoms with Crippen molar-refractivity contribution < 1.29 is 4.74 Å². The lowest BCUT2D eigenvalue weighted by molar-refractivity contribution is 0.116. The van der Waals surface area contributed by atoms with Gasteiger partial charge in [0.1, 0.15) is 0 Å². The van der Waals surface area contributed by atoms with Gasteiger partial charge in [-0.25, -0.2) is 0 Å². The van der Waals surface area contributed by atoms with Crippen molar-refractivity contribution >= 4 is 5.69 Å². The van der Waals surface area contributed by atoms with Crippen LogP contribution in [0.5, 0.6) is 0 Å². The third kappa shape index (κ3) is 7.01. The second kappa shape index (κ2) is 6.65. The van der Waals surface area contributed by atoms with Gasteiger partial charge >= 0.3 is 0 Å². The Balaban J connectivity index is 2.07. The standard InChI is InChI=1S/C15H25NO/c1-13-5-7-14(8-6-13)16-10-12-17-11-9-15(2,3)4/h5-8,16H,9-12H2,1-4H3. The van der Waals surface area contributed by atoms with E-state index in [4.69, 9.17) is 4.74 Å². The van der Waals surface area contributed by atoms with Crippen LogP contribution in [0.3, 0.4) is 0 Å². The molecule has 1 aromatic carbocycles. The Morgan fingerprint density at radius 3 is 2.29 bits per heavy atom. The Morgan fingerprint density at radius 1 is 1.06 bits per heavy atom. The fourth-order valence-corrected chi connectivity index (χ4v) is 1.42. The average molecular weight is 235 g/mol. The van der Waals surface area contributed by atoms with E-state index < -0.39 is 0 Å². The van der Waals surface area contributed by atoms with Crippen LogP contribution in [-0.2, 0) is 4.74 Å². The van der Waals surface area contributed by atoms with Crippen molar-refractivity contribution in [3.8, 4) is 0 Å². The van der Waals surface area contributed by atoms with E-state index in [0.717, 1.165) is 31.9 Å². The molecular weight excluding hydrogens is 210 g/mol. The molecule has 2 heteroatoms. The molecule has 0 radical (unpaired) electrons. The number of aryl methyl sites for hydroxylation is 1. The molecule has 1 N–H and O–H groups in total. The fourth-order valence-electron chi connectivity index (χ4n) is 1.42. The van der Waals surface area contributed by atoms with Crippen molar-refractivity contribution in [2.45, 2.75) is 34.1 Å². The quantitative estimate of drug-likeness (QED) is 0.756. The highest BCUT2D eigenvalue weighted by molar-refractivity contribution is 5.44. The highest BCUT2D eigenvalue weighted by atomic mass is 16.5. The van der Waals surface area contributed by atoms with Gasteiger partial charge in [-0.05, 0) is 30.9 Å². The molecule has 2 nitrogen and oxygen atoms in total. The number of nitrogens with one attached hydrogen (secondary N) is 1. The molecule has 0 saturated heterocycles. The molecule has 0 aliphatic rings. The van der Waals surface area contributed by atoms with Gasteiger partial charge in [-0.2, -0.15) is 0 Å². The normalized spacial score (nSPS) is 11.5. The van der Waals surface area contributed by atoms with Gasteiger partial charge in [-0.1, -0.05) is 38.5 Å². The molecule has 17 heavy (non-hydrogen) atoms. The van der Waals surface area contributed by atoms with E-state index in [2.05, 4.69) is 57.3 Å². The Hall–Kier alpha value is -1.02. The van der Waals surface area contributed by atoms with Crippen molar-refractivity contribution in [2.75, 3.05) is 25.1 Å². The molecule has 0 unspecified atom stereocenters. The van der Waals surface area contributed by atoms with Crippen LogP contribution in [0, 0.1) is 12.3 Å². The van der Waals surface area contributed by atoms with E-state index in [9.17, 15) is 0 Å². The number of hydrogen-bond acceptors (Lipinski definition) is 2. The van der Waals surface area contributed by atoms with Crippen LogP contribution < -0.4 is 5.32 Å². The van der Waals surface area contributed by atoms with E-state index >= 15 is 0 Å². The van der Waals surface area contributed by atoms with Crippen LogP contribution in [0.1, 0.15) is 32.8 Å². The lowest BCUT2D eigenvalue weighted by atomic mass is 9.93. The summed E-state index contributed by atoms with van der Waals surface area (Å²) < 4.78 is 5.59. The highest BCUT2D eigenvalue weighted by Crippen LogP contribution is 2.17. The molecule has 0 heterocycles. The molecule has 0 spiro atoms. The van der Waals surface area contributed by atoms with Crippen molar-refractivity contribution in [3.05, 3.63) is 29.8 Å². The first-order chi connectivity index (χ1) is 7.97. The molecule has 0 aliphatic carbocycles. The third-order valence-electron chi connectivity index (χ3n) is 2.62. The predicted octanol–water partition coefficient (Wildman–Crippen LogP) is 3.86. The maximum absolute atomic E-state index is 5.59. The summed E-state index contributed by atoms with van der Waals surface area (Å²) in [5.41, 5.74) is 2.82. The minimum Gasteiger partial charge on any atom is -0.383 e. The smallest absolute Gasteiger partial charge is 0.0639 e. The van der Waals surface area contributed by atoms with Crippen molar-refractivity contribution in [1.82, 2.24) is 0 Å². The Morgan fingerprint density at radius 2 is 1.71 bits per heavy atom. The van der Waals surface area contributed by atoms with E-state index in [1.54, 1.807) is 0 Å². The van der Waals surface area contributed by atoms with Crippen molar-refractivity contribution in [3.63, 3.8) is 0 Å². The topological polar surface area (TPSA) is 21.3 Å². The second-order valence-electron chi connectivity index (χ2n) is 5.72. The first-order valence-corrected chi connectivity index (χ1v) is 6.36. The Bertz CT molecular complexity index is 311. The number of hydrogen-bond donors (Lipinski definition) is 1. The maximum atomic E-state index is 5.59. The van der Waals surface area contributed by atoms with Gasteiger partial charge in [0, 0.05) is 18.8 Å². The summed E-state index contributed by atoms with van der Waals surface area (Å²) in [4.78, 5) is 0.